The molecule has 0 saturated carbocycles. The first kappa shape index (κ1) is 15.0. The Balaban J connectivity index is 1.56. The highest BCUT2D eigenvalue weighted by Crippen LogP contribution is 2.46. The number of carbonyl (C=O) groups excluding carboxylic acids is 1. The van der Waals surface area contributed by atoms with E-state index in [1.165, 1.54) is 0 Å². The molecule has 1 N–H and O–H groups in total. The number of nitrogens with zero attached hydrogens (tertiary/aromatic N) is 1. The van der Waals surface area contributed by atoms with Crippen LogP contribution in [0.15, 0.2) is 36.4 Å². The van der Waals surface area contributed by atoms with Crippen LogP contribution in [0, 0.1) is 0 Å². The maximum absolute atomic E-state index is 13.3. The minimum Gasteiger partial charge on any atom is -0.454 e. The van der Waals surface area contributed by atoms with Crippen LogP contribution >= 0.6 is 11.6 Å². The second-order valence-corrected chi connectivity index (χ2v) is 7.12. The largest absolute Gasteiger partial charge is 0.454 e. The standard InChI is InChI=1S/C19H17ClN2O3/c20-14-8-17-16(24-11-25-17)7-12(14)9-22-15-4-2-1-3-13(15)19(18(22)23)5-6-21-10-19/h1-4,7-8,21H,5-6,9-11H2. The molecular formula is C19H17ClN2O3. The molecule has 0 radical (unpaired) electrons. The molecule has 1 atom stereocenters. The maximum Gasteiger partial charge on any atom is 0.239 e. The molecule has 2 aromatic carbocycles. The van der Waals surface area contributed by atoms with Gasteiger partial charge in [0.1, 0.15) is 0 Å². The summed E-state index contributed by atoms with van der Waals surface area (Å²) in [6.45, 7) is 2.18. The lowest BCUT2D eigenvalue weighted by Crippen LogP contribution is -2.41. The van der Waals surface area contributed by atoms with E-state index >= 15 is 0 Å². The van der Waals surface area contributed by atoms with Crippen molar-refractivity contribution in [1.29, 1.82) is 0 Å². The quantitative estimate of drug-likeness (QED) is 0.899. The van der Waals surface area contributed by atoms with Crippen LogP contribution in [0.2, 0.25) is 5.02 Å². The topological polar surface area (TPSA) is 50.8 Å². The average Bonchev–Trinajstić information content (AvgIpc) is 3.32. The lowest BCUT2D eigenvalue weighted by atomic mass is 9.81. The highest BCUT2D eigenvalue weighted by atomic mass is 35.5. The number of benzene rings is 2. The van der Waals surface area contributed by atoms with Gasteiger partial charge in [-0.15, -0.1) is 0 Å². The highest BCUT2D eigenvalue weighted by Gasteiger charge is 2.52. The number of amides is 1. The summed E-state index contributed by atoms with van der Waals surface area (Å²) in [6.07, 6.45) is 0.828. The minimum absolute atomic E-state index is 0.146. The summed E-state index contributed by atoms with van der Waals surface area (Å²) in [4.78, 5) is 15.2. The Labute approximate surface area is 150 Å². The summed E-state index contributed by atoms with van der Waals surface area (Å²) in [5.41, 5.74) is 2.50. The zero-order chi connectivity index (χ0) is 17.0. The van der Waals surface area contributed by atoms with Gasteiger partial charge in [0.15, 0.2) is 11.5 Å². The summed E-state index contributed by atoms with van der Waals surface area (Å²) in [6, 6.07) is 11.7. The van der Waals surface area contributed by atoms with E-state index in [-0.39, 0.29) is 12.7 Å². The van der Waals surface area contributed by atoms with Gasteiger partial charge in [-0.25, -0.2) is 0 Å². The van der Waals surface area contributed by atoms with Gasteiger partial charge in [-0.1, -0.05) is 29.8 Å². The lowest BCUT2D eigenvalue weighted by Gasteiger charge is -2.23. The van der Waals surface area contributed by atoms with Gasteiger partial charge >= 0.3 is 0 Å². The van der Waals surface area contributed by atoms with Crippen LogP contribution in [-0.4, -0.2) is 25.8 Å². The predicted molar refractivity (Wildman–Crippen MR) is 94.4 cm³/mol. The Hall–Kier alpha value is -2.24. The molecule has 1 saturated heterocycles. The zero-order valence-electron chi connectivity index (χ0n) is 13.5. The third-order valence-electron chi connectivity index (χ3n) is 5.39. The molecule has 5 nitrogen and oxygen atoms in total. The first-order valence-corrected chi connectivity index (χ1v) is 8.77. The first-order valence-electron chi connectivity index (χ1n) is 8.39. The third-order valence-corrected chi connectivity index (χ3v) is 5.74. The summed E-state index contributed by atoms with van der Waals surface area (Å²) in [5.74, 6) is 1.47. The number of anilines is 1. The van der Waals surface area contributed by atoms with E-state index in [9.17, 15) is 4.79 Å². The summed E-state index contributed by atoms with van der Waals surface area (Å²) >= 11 is 6.43. The molecule has 25 heavy (non-hydrogen) atoms. The van der Waals surface area contributed by atoms with Crippen LogP contribution in [0.1, 0.15) is 17.5 Å². The van der Waals surface area contributed by atoms with Crippen molar-refractivity contribution in [3.63, 3.8) is 0 Å². The van der Waals surface area contributed by atoms with Gasteiger partial charge in [0, 0.05) is 23.3 Å². The number of fused-ring (bicyclic) bond motifs is 3. The van der Waals surface area contributed by atoms with Crippen molar-refractivity contribution in [3.8, 4) is 11.5 Å². The van der Waals surface area contributed by atoms with E-state index < -0.39 is 5.41 Å². The van der Waals surface area contributed by atoms with Gasteiger partial charge in [0.2, 0.25) is 12.7 Å². The number of carbonyl (C=O) groups is 1. The molecule has 2 aromatic rings. The smallest absolute Gasteiger partial charge is 0.239 e. The molecule has 128 valence electrons. The molecule has 1 unspecified atom stereocenters. The predicted octanol–water partition coefficient (Wildman–Crippen LogP) is 2.85. The number of hydrogen-bond donors (Lipinski definition) is 1. The fourth-order valence-electron chi connectivity index (χ4n) is 4.11. The monoisotopic (exact) mass is 356 g/mol. The van der Waals surface area contributed by atoms with Gasteiger partial charge < -0.3 is 19.7 Å². The number of halogens is 1. The molecule has 3 heterocycles. The normalized spacial score (nSPS) is 23.6. The third kappa shape index (κ3) is 2.09. The molecule has 0 bridgehead atoms. The SMILES string of the molecule is O=C1N(Cc2cc3c(cc2Cl)OCO3)c2ccccc2C12CCNC2. The van der Waals surface area contributed by atoms with Crippen molar-refractivity contribution in [1.82, 2.24) is 5.32 Å². The van der Waals surface area contributed by atoms with Crippen LogP contribution in [-0.2, 0) is 16.8 Å². The van der Waals surface area contributed by atoms with E-state index in [2.05, 4.69) is 11.4 Å². The number of rotatable bonds is 2. The Morgan fingerprint density at radius 3 is 2.80 bits per heavy atom. The summed E-state index contributed by atoms with van der Waals surface area (Å²) < 4.78 is 10.8. The zero-order valence-corrected chi connectivity index (χ0v) is 14.3. The molecular weight excluding hydrogens is 340 g/mol. The lowest BCUT2D eigenvalue weighted by molar-refractivity contribution is -0.122. The molecule has 3 aliphatic rings. The summed E-state index contributed by atoms with van der Waals surface area (Å²) in [5, 5.41) is 3.93. The van der Waals surface area contributed by atoms with E-state index in [0.717, 1.165) is 29.8 Å². The number of para-hydroxylation sites is 1. The van der Waals surface area contributed by atoms with Crippen molar-refractivity contribution in [3.05, 3.63) is 52.5 Å². The number of hydrogen-bond acceptors (Lipinski definition) is 4. The molecule has 5 rings (SSSR count). The maximum atomic E-state index is 13.3. The van der Waals surface area contributed by atoms with Crippen LogP contribution in [0.5, 0.6) is 11.5 Å². The fourth-order valence-corrected chi connectivity index (χ4v) is 4.32. The van der Waals surface area contributed by atoms with Crippen LogP contribution in [0.3, 0.4) is 0 Å². The average molecular weight is 357 g/mol. The van der Waals surface area contributed by atoms with E-state index in [0.29, 0.717) is 29.6 Å². The van der Waals surface area contributed by atoms with Crippen LogP contribution in [0.4, 0.5) is 5.69 Å². The van der Waals surface area contributed by atoms with Crippen molar-refractivity contribution in [2.75, 3.05) is 24.8 Å². The van der Waals surface area contributed by atoms with Gasteiger partial charge in [-0.2, -0.15) is 0 Å². The molecule has 0 aliphatic carbocycles. The second kappa shape index (κ2) is 5.38. The van der Waals surface area contributed by atoms with Gasteiger partial charge in [0.25, 0.3) is 0 Å². The van der Waals surface area contributed by atoms with Crippen molar-refractivity contribution >= 4 is 23.2 Å². The Morgan fingerprint density at radius 1 is 1.20 bits per heavy atom. The molecule has 1 fully saturated rings. The Kier molecular flexibility index (Phi) is 3.24. The van der Waals surface area contributed by atoms with E-state index in [1.54, 1.807) is 6.07 Å². The second-order valence-electron chi connectivity index (χ2n) is 6.71. The van der Waals surface area contributed by atoms with E-state index in [1.807, 2.05) is 29.2 Å². The minimum atomic E-state index is -0.445. The highest BCUT2D eigenvalue weighted by molar-refractivity contribution is 6.31. The molecule has 1 amide bonds. The Morgan fingerprint density at radius 2 is 2.00 bits per heavy atom. The molecule has 1 spiro atoms. The number of nitrogens with one attached hydrogen (secondary N) is 1. The van der Waals surface area contributed by atoms with Gasteiger partial charge in [-0.3, -0.25) is 4.79 Å². The summed E-state index contributed by atoms with van der Waals surface area (Å²) in [7, 11) is 0. The van der Waals surface area contributed by atoms with Crippen LogP contribution in [0.25, 0.3) is 0 Å². The number of ether oxygens (including phenoxy) is 2. The van der Waals surface area contributed by atoms with Gasteiger partial charge in [-0.05, 0) is 36.2 Å². The first-order chi connectivity index (χ1) is 12.2. The van der Waals surface area contributed by atoms with Crippen molar-refractivity contribution in [2.24, 2.45) is 0 Å². The Bertz CT molecular complexity index is 877. The molecule has 3 aliphatic heterocycles. The van der Waals surface area contributed by atoms with Gasteiger partial charge in [0.05, 0.1) is 12.0 Å². The van der Waals surface area contributed by atoms with Crippen molar-refractivity contribution in [2.45, 2.75) is 18.4 Å². The fraction of sp³-hybridized carbons (Fsp3) is 0.316. The van der Waals surface area contributed by atoms with Crippen molar-refractivity contribution < 1.29 is 14.3 Å². The molecule has 0 aromatic heterocycles. The van der Waals surface area contributed by atoms with Crippen LogP contribution < -0.4 is 19.7 Å². The molecule has 6 heteroatoms. The van der Waals surface area contributed by atoms with E-state index in [4.69, 9.17) is 21.1 Å².